The van der Waals surface area contributed by atoms with Gasteiger partial charge >= 0.3 is 0 Å². The van der Waals surface area contributed by atoms with Crippen LogP contribution in [0.1, 0.15) is 20.3 Å². The number of amides is 2. The van der Waals surface area contributed by atoms with Gasteiger partial charge in [0.05, 0.1) is 19.1 Å². The minimum atomic E-state index is -0.349. The highest BCUT2D eigenvalue weighted by atomic mass is 16.5. The van der Waals surface area contributed by atoms with Crippen molar-refractivity contribution in [1.82, 2.24) is 10.2 Å². The smallest absolute Gasteiger partial charge is 0.246 e. The van der Waals surface area contributed by atoms with Crippen molar-refractivity contribution in [2.24, 2.45) is 0 Å². The molecule has 2 amide bonds. The fourth-order valence-corrected chi connectivity index (χ4v) is 1.62. The van der Waals surface area contributed by atoms with E-state index < -0.39 is 0 Å². The quantitative estimate of drug-likeness (QED) is 0.490. The lowest BCUT2D eigenvalue weighted by atomic mass is 10.2. The zero-order valence-corrected chi connectivity index (χ0v) is 9.28. The molecule has 1 aliphatic heterocycles. The van der Waals surface area contributed by atoms with Crippen LogP contribution in [0, 0.1) is 0 Å². The summed E-state index contributed by atoms with van der Waals surface area (Å²) in [4.78, 5) is 24.3. The summed E-state index contributed by atoms with van der Waals surface area (Å²) in [6, 6.07) is -0.349. The van der Waals surface area contributed by atoms with Crippen LogP contribution >= 0.6 is 0 Å². The van der Waals surface area contributed by atoms with Crippen molar-refractivity contribution in [2.75, 3.05) is 26.3 Å². The summed E-state index contributed by atoms with van der Waals surface area (Å²) in [5.74, 6) is -0.199. The van der Waals surface area contributed by atoms with E-state index in [9.17, 15) is 9.59 Å². The Hall–Kier alpha value is -0.940. The molecule has 1 atom stereocenters. The second kappa shape index (κ2) is 5.82. The third-order valence-corrected chi connectivity index (χ3v) is 2.40. The van der Waals surface area contributed by atoms with E-state index in [1.54, 1.807) is 6.92 Å². The van der Waals surface area contributed by atoms with Crippen molar-refractivity contribution in [3.8, 4) is 0 Å². The maximum atomic E-state index is 11.6. The predicted octanol–water partition coefficient (Wildman–Crippen LogP) is -0.240. The third-order valence-electron chi connectivity index (χ3n) is 2.40. The maximum absolute atomic E-state index is 11.6. The van der Waals surface area contributed by atoms with Gasteiger partial charge in [-0.15, -0.1) is 0 Å². The number of rotatable bonds is 6. The molecule has 5 nitrogen and oxygen atoms in total. The molecule has 5 heteroatoms. The Morgan fingerprint density at radius 3 is 2.73 bits per heavy atom. The Morgan fingerprint density at radius 2 is 2.20 bits per heavy atom. The van der Waals surface area contributed by atoms with Crippen molar-refractivity contribution in [1.29, 1.82) is 0 Å². The first-order chi connectivity index (χ1) is 7.20. The summed E-state index contributed by atoms with van der Waals surface area (Å²) in [7, 11) is 0. The summed E-state index contributed by atoms with van der Waals surface area (Å²) >= 11 is 0. The summed E-state index contributed by atoms with van der Waals surface area (Å²) in [5, 5.41) is 3.02. The van der Waals surface area contributed by atoms with Gasteiger partial charge in [0.2, 0.25) is 11.8 Å². The molecule has 0 bridgehead atoms. The average Bonchev–Trinajstić information content (AvgIpc) is 2.49. The van der Waals surface area contributed by atoms with Gasteiger partial charge in [0.25, 0.3) is 0 Å². The van der Waals surface area contributed by atoms with Gasteiger partial charge < -0.3 is 10.1 Å². The SMILES string of the molecule is CCOCCNC1CC(=O)N(CC)C1=O. The largest absolute Gasteiger partial charge is 0.380 e. The maximum Gasteiger partial charge on any atom is 0.246 e. The van der Waals surface area contributed by atoms with Crippen LogP contribution in [0.2, 0.25) is 0 Å². The van der Waals surface area contributed by atoms with Crippen molar-refractivity contribution >= 4 is 11.8 Å². The molecule has 0 aromatic heterocycles. The van der Waals surface area contributed by atoms with Crippen LogP contribution in [0.5, 0.6) is 0 Å². The van der Waals surface area contributed by atoms with Crippen LogP contribution < -0.4 is 5.32 Å². The van der Waals surface area contributed by atoms with Crippen molar-refractivity contribution < 1.29 is 14.3 Å². The lowest BCUT2D eigenvalue weighted by Crippen LogP contribution is -2.39. The van der Waals surface area contributed by atoms with Crippen LogP contribution in [0.3, 0.4) is 0 Å². The fourth-order valence-electron chi connectivity index (χ4n) is 1.62. The minimum Gasteiger partial charge on any atom is -0.380 e. The highest BCUT2D eigenvalue weighted by Gasteiger charge is 2.36. The first kappa shape index (κ1) is 12.1. The van der Waals surface area contributed by atoms with Gasteiger partial charge in [0, 0.05) is 19.7 Å². The van der Waals surface area contributed by atoms with Crippen LogP contribution in [0.15, 0.2) is 0 Å². The number of nitrogens with one attached hydrogen (secondary N) is 1. The number of nitrogens with zero attached hydrogens (tertiary/aromatic N) is 1. The summed E-state index contributed by atoms with van der Waals surface area (Å²) in [6.07, 6.45) is 0.277. The molecule has 15 heavy (non-hydrogen) atoms. The van der Waals surface area contributed by atoms with E-state index >= 15 is 0 Å². The molecule has 0 aliphatic carbocycles. The Kier molecular flexibility index (Phi) is 4.71. The predicted molar refractivity (Wildman–Crippen MR) is 55.3 cm³/mol. The lowest BCUT2D eigenvalue weighted by molar-refractivity contribution is -0.138. The molecule has 0 aromatic carbocycles. The Bertz CT molecular complexity index is 243. The number of carbonyl (C=O) groups excluding carboxylic acids is 2. The summed E-state index contributed by atoms with van der Waals surface area (Å²) in [5.41, 5.74) is 0. The normalized spacial score (nSPS) is 21.5. The van der Waals surface area contributed by atoms with Gasteiger partial charge in [0.1, 0.15) is 0 Å². The Morgan fingerprint density at radius 1 is 1.47 bits per heavy atom. The van der Waals surface area contributed by atoms with E-state index in [2.05, 4.69) is 5.32 Å². The highest BCUT2D eigenvalue weighted by Crippen LogP contribution is 2.11. The highest BCUT2D eigenvalue weighted by molar-refractivity contribution is 6.05. The molecule has 1 saturated heterocycles. The number of carbonyl (C=O) groups is 2. The molecule has 0 spiro atoms. The number of hydrogen-bond acceptors (Lipinski definition) is 4. The number of likely N-dealkylation sites (N-methyl/N-ethyl adjacent to an activating group) is 1. The van der Waals surface area contributed by atoms with E-state index in [0.29, 0.717) is 26.3 Å². The molecule has 1 fully saturated rings. The van der Waals surface area contributed by atoms with E-state index in [0.717, 1.165) is 0 Å². The molecule has 0 saturated carbocycles. The second-order valence-electron chi connectivity index (χ2n) is 3.38. The van der Waals surface area contributed by atoms with E-state index in [1.807, 2.05) is 6.92 Å². The molecule has 1 rings (SSSR count). The van der Waals surface area contributed by atoms with E-state index in [-0.39, 0.29) is 24.3 Å². The van der Waals surface area contributed by atoms with Crippen LogP contribution in [-0.2, 0) is 14.3 Å². The second-order valence-corrected chi connectivity index (χ2v) is 3.38. The van der Waals surface area contributed by atoms with Gasteiger partial charge in [-0.2, -0.15) is 0 Å². The number of likely N-dealkylation sites (tertiary alicyclic amines) is 1. The molecule has 0 aromatic rings. The average molecular weight is 214 g/mol. The number of hydrogen-bond donors (Lipinski definition) is 1. The molecule has 1 unspecified atom stereocenters. The first-order valence-electron chi connectivity index (χ1n) is 5.36. The number of ether oxygens (including phenoxy) is 1. The van der Waals surface area contributed by atoms with Gasteiger partial charge in [-0.1, -0.05) is 0 Å². The third kappa shape index (κ3) is 3.00. The molecular weight excluding hydrogens is 196 g/mol. The van der Waals surface area contributed by atoms with Gasteiger partial charge in [-0.25, -0.2) is 0 Å². The van der Waals surface area contributed by atoms with Gasteiger partial charge in [0.15, 0.2) is 0 Å². The van der Waals surface area contributed by atoms with Gasteiger partial charge in [-0.05, 0) is 13.8 Å². The monoisotopic (exact) mass is 214 g/mol. The molecular formula is C10H18N2O3. The van der Waals surface area contributed by atoms with Crippen molar-refractivity contribution in [3.05, 3.63) is 0 Å². The Balaban J connectivity index is 2.32. The number of imide groups is 1. The van der Waals surface area contributed by atoms with Crippen molar-refractivity contribution in [3.63, 3.8) is 0 Å². The molecule has 1 heterocycles. The standard InChI is InChI=1S/C10H18N2O3/c1-3-12-9(13)7-8(10(12)14)11-5-6-15-4-2/h8,11H,3-7H2,1-2H3. The lowest BCUT2D eigenvalue weighted by Gasteiger charge is -2.12. The van der Waals surface area contributed by atoms with E-state index in [1.165, 1.54) is 4.90 Å². The van der Waals surface area contributed by atoms with Crippen molar-refractivity contribution in [2.45, 2.75) is 26.3 Å². The fraction of sp³-hybridized carbons (Fsp3) is 0.800. The molecule has 1 N–H and O–H groups in total. The summed E-state index contributed by atoms with van der Waals surface area (Å²) in [6.45, 7) is 6.03. The molecule has 86 valence electrons. The van der Waals surface area contributed by atoms with Crippen LogP contribution in [-0.4, -0.2) is 49.1 Å². The zero-order valence-electron chi connectivity index (χ0n) is 9.28. The first-order valence-corrected chi connectivity index (χ1v) is 5.36. The van der Waals surface area contributed by atoms with Crippen LogP contribution in [0.25, 0.3) is 0 Å². The summed E-state index contributed by atoms with van der Waals surface area (Å²) < 4.78 is 5.14. The zero-order chi connectivity index (χ0) is 11.3. The molecule has 1 aliphatic rings. The van der Waals surface area contributed by atoms with Gasteiger partial charge in [-0.3, -0.25) is 14.5 Å². The topological polar surface area (TPSA) is 58.6 Å². The molecule has 0 radical (unpaired) electrons. The Labute approximate surface area is 89.8 Å². The van der Waals surface area contributed by atoms with Crippen LogP contribution in [0.4, 0.5) is 0 Å². The minimum absolute atomic E-state index is 0.0867. The van der Waals surface area contributed by atoms with E-state index in [4.69, 9.17) is 4.74 Å².